The van der Waals surface area contributed by atoms with E-state index in [-0.39, 0.29) is 12.6 Å². The Hall–Kier alpha value is -0.770. The molecule has 19 heavy (non-hydrogen) atoms. The lowest BCUT2D eigenvalue weighted by Crippen LogP contribution is -2.44. The van der Waals surface area contributed by atoms with E-state index in [1.54, 1.807) is 0 Å². The van der Waals surface area contributed by atoms with Gasteiger partial charge in [-0.25, -0.2) is 4.79 Å². The van der Waals surface area contributed by atoms with Gasteiger partial charge in [0.15, 0.2) is 0 Å². The molecule has 0 heterocycles. The Morgan fingerprint density at radius 3 is 2.47 bits per heavy atom. The summed E-state index contributed by atoms with van der Waals surface area (Å²) >= 11 is 0. The van der Waals surface area contributed by atoms with Gasteiger partial charge in [0.25, 0.3) is 0 Å². The highest BCUT2D eigenvalue weighted by Crippen LogP contribution is 2.23. The van der Waals surface area contributed by atoms with E-state index in [1.165, 1.54) is 12.8 Å². The molecule has 0 aliphatic heterocycles. The van der Waals surface area contributed by atoms with E-state index in [0.717, 1.165) is 44.6 Å². The summed E-state index contributed by atoms with van der Waals surface area (Å²) in [5.74, 6) is 1.19. The van der Waals surface area contributed by atoms with E-state index in [0.29, 0.717) is 12.0 Å². The molecule has 0 aromatic rings. The summed E-state index contributed by atoms with van der Waals surface area (Å²) in [4.78, 5) is 11.7. The maximum Gasteiger partial charge on any atom is 0.315 e. The van der Waals surface area contributed by atoms with Crippen LogP contribution in [0.25, 0.3) is 0 Å². The molecule has 0 aromatic carbocycles. The molecule has 1 aliphatic carbocycles. The Morgan fingerprint density at radius 2 is 1.89 bits per heavy atom. The van der Waals surface area contributed by atoms with Crippen LogP contribution in [-0.2, 0) is 0 Å². The number of rotatable bonds is 7. The summed E-state index contributed by atoms with van der Waals surface area (Å²) in [6.07, 6.45) is 7.50. The molecule has 112 valence electrons. The third-order valence-electron chi connectivity index (χ3n) is 3.93. The molecule has 1 fully saturated rings. The second kappa shape index (κ2) is 9.18. The summed E-state index contributed by atoms with van der Waals surface area (Å²) < 4.78 is 0. The number of carbonyl (C=O) groups is 1. The predicted octanol–water partition coefficient (Wildman–Crippen LogP) is 2.66. The van der Waals surface area contributed by atoms with Crippen LogP contribution in [0.5, 0.6) is 0 Å². The summed E-state index contributed by atoms with van der Waals surface area (Å²) in [7, 11) is 0. The molecule has 1 rings (SSSR count). The van der Waals surface area contributed by atoms with Crippen molar-refractivity contribution in [2.75, 3.05) is 13.2 Å². The van der Waals surface area contributed by atoms with Gasteiger partial charge in [-0.1, -0.05) is 26.7 Å². The van der Waals surface area contributed by atoms with Gasteiger partial charge in [-0.15, -0.1) is 0 Å². The highest BCUT2D eigenvalue weighted by atomic mass is 16.3. The number of aliphatic hydroxyl groups is 1. The first kappa shape index (κ1) is 16.3. The average molecular weight is 270 g/mol. The average Bonchev–Trinajstić information content (AvgIpc) is 2.39. The minimum atomic E-state index is -0.0306. The van der Waals surface area contributed by atoms with Gasteiger partial charge in [0.1, 0.15) is 0 Å². The third kappa shape index (κ3) is 7.41. The molecule has 0 radical (unpaired) electrons. The third-order valence-corrected chi connectivity index (χ3v) is 3.93. The number of urea groups is 1. The lowest BCUT2D eigenvalue weighted by atomic mass is 9.87. The molecule has 0 aromatic heterocycles. The SMILES string of the molecule is CC(C)CCCCNC(=O)NC1CCC(CO)CC1. The second-order valence-corrected chi connectivity index (χ2v) is 6.19. The van der Waals surface area contributed by atoms with Crippen LogP contribution in [0.1, 0.15) is 58.8 Å². The predicted molar refractivity (Wildman–Crippen MR) is 78.1 cm³/mol. The van der Waals surface area contributed by atoms with Crippen LogP contribution in [0.3, 0.4) is 0 Å². The Kier molecular flexibility index (Phi) is 7.87. The topological polar surface area (TPSA) is 61.4 Å². The lowest BCUT2D eigenvalue weighted by Gasteiger charge is -2.27. The van der Waals surface area contributed by atoms with Crippen molar-refractivity contribution in [1.29, 1.82) is 0 Å². The van der Waals surface area contributed by atoms with Crippen molar-refractivity contribution in [3.8, 4) is 0 Å². The smallest absolute Gasteiger partial charge is 0.315 e. The number of carbonyl (C=O) groups excluding carboxylic acids is 1. The number of aliphatic hydroxyl groups excluding tert-OH is 1. The number of nitrogens with one attached hydrogen (secondary N) is 2. The van der Waals surface area contributed by atoms with Crippen molar-refractivity contribution in [1.82, 2.24) is 10.6 Å². The van der Waals surface area contributed by atoms with Crippen LogP contribution < -0.4 is 10.6 Å². The van der Waals surface area contributed by atoms with Gasteiger partial charge in [-0.05, 0) is 43.9 Å². The van der Waals surface area contributed by atoms with Crippen molar-refractivity contribution in [3.63, 3.8) is 0 Å². The van der Waals surface area contributed by atoms with Crippen molar-refractivity contribution >= 4 is 6.03 Å². The molecule has 1 aliphatic rings. The Balaban J connectivity index is 2.02. The monoisotopic (exact) mass is 270 g/mol. The van der Waals surface area contributed by atoms with Gasteiger partial charge in [0, 0.05) is 19.2 Å². The summed E-state index contributed by atoms with van der Waals surface area (Å²) in [6, 6.07) is 0.260. The fraction of sp³-hybridized carbons (Fsp3) is 0.933. The maximum atomic E-state index is 11.7. The van der Waals surface area contributed by atoms with Crippen LogP contribution in [-0.4, -0.2) is 30.3 Å². The number of hydrogen-bond acceptors (Lipinski definition) is 2. The molecular weight excluding hydrogens is 240 g/mol. The van der Waals surface area contributed by atoms with Crippen molar-refractivity contribution in [3.05, 3.63) is 0 Å². The zero-order valence-corrected chi connectivity index (χ0v) is 12.5. The van der Waals surface area contributed by atoms with Gasteiger partial charge in [0.05, 0.1) is 0 Å². The van der Waals surface area contributed by atoms with Gasteiger partial charge in [-0.3, -0.25) is 0 Å². The normalized spacial score (nSPS) is 23.4. The van der Waals surface area contributed by atoms with Crippen molar-refractivity contribution in [2.45, 2.75) is 64.8 Å². The largest absolute Gasteiger partial charge is 0.396 e. The Labute approximate surface area is 117 Å². The van der Waals surface area contributed by atoms with Crippen LogP contribution in [0.15, 0.2) is 0 Å². The highest BCUT2D eigenvalue weighted by Gasteiger charge is 2.21. The molecule has 0 atom stereocenters. The van der Waals surface area contributed by atoms with Gasteiger partial charge in [0.2, 0.25) is 0 Å². The molecule has 4 heteroatoms. The minimum absolute atomic E-state index is 0.0306. The first-order valence-corrected chi connectivity index (χ1v) is 7.77. The Bertz CT molecular complexity index is 249. The summed E-state index contributed by atoms with van der Waals surface area (Å²) in [6.45, 7) is 5.50. The van der Waals surface area contributed by atoms with E-state index < -0.39 is 0 Å². The molecule has 4 nitrogen and oxygen atoms in total. The molecule has 0 spiro atoms. The Morgan fingerprint density at radius 1 is 1.21 bits per heavy atom. The standard InChI is InChI=1S/C15H30N2O2/c1-12(2)5-3-4-10-16-15(19)17-14-8-6-13(11-18)7-9-14/h12-14,18H,3-11H2,1-2H3,(H2,16,17,19). The van der Waals surface area contributed by atoms with Gasteiger partial charge in [-0.2, -0.15) is 0 Å². The van der Waals surface area contributed by atoms with E-state index in [1.807, 2.05) is 0 Å². The summed E-state index contributed by atoms with van der Waals surface area (Å²) in [5, 5.41) is 15.0. The first-order valence-electron chi connectivity index (χ1n) is 7.77. The molecule has 0 bridgehead atoms. The second-order valence-electron chi connectivity index (χ2n) is 6.19. The molecule has 3 N–H and O–H groups in total. The number of hydrogen-bond donors (Lipinski definition) is 3. The van der Waals surface area contributed by atoms with Crippen molar-refractivity contribution < 1.29 is 9.90 Å². The molecule has 0 unspecified atom stereocenters. The van der Waals surface area contributed by atoms with E-state index >= 15 is 0 Å². The van der Waals surface area contributed by atoms with E-state index in [2.05, 4.69) is 24.5 Å². The number of amides is 2. The van der Waals surface area contributed by atoms with E-state index in [4.69, 9.17) is 5.11 Å². The fourth-order valence-electron chi connectivity index (χ4n) is 2.61. The highest BCUT2D eigenvalue weighted by molar-refractivity contribution is 5.74. The van der Waals surface area contributed by atoms with Gasteiger partial charge < -0.3 is 15.7 Å². The minimum Gasteiger partial charge on any atom is -0.396 e. The van der Waals surface area contributed by atoms with Crippen LogP contribution in [0, 0.1) is 11.8 Å². The van der Waals surface area contributed by atoms with Crippen LogP contribution in [0.2, 0.25) is 0 Å². The number of unbranched alkanes of at least 4 members (excludes halogenated alkanes) is 1. The van der Waals surface area contributed by atoms with Crippen molar-refractivity contribution in [2.24, 2.45) is 11.8 Å². The summed E-state index contributed by atoms with van der Waals surface area (Å²) in [5.41, 5.74) is 0. The molecule has 1 saturated carbocycles. The molecule has 2 amide bonds. The zero-order valence-electron chi connectivity index (χ0n) is 12.5. The lowest BCUT2D eigenvalue weighted by molar-refractivity contribution is 0.174. The fourth-order valence-corrected chi connectivity index (χ4v) is 2.61. The van der Waals surface area contributed by atoms with E-state index in [9.17, 15) is 4.79 Å². The van der Waals surface area contributed by atoms with Crippen LogP contribution in [0.4, 0.5) is 4.79 Å². The molecule has 0 saturated heterocycles. The van der Waals surface area contributed by atoms with Gasteiger partial charge >= 0.3 is 6.03 Å². The first-order chi connectivity index (χ1) is 9.11. The quantitative estimate of drug-likeness (QED) is 0.623. The zero-order chi connectivity index (χ0) is 14.1. The maximum absolute atomic E-state index is 11.7. The van der Waals surface area contributed by atoms with Crippen LogP contribution >= 0.6 is 0 Å². The molecular formula is C15H30N2O2.